The second-order valence-electron chi connectivity index (χ2n) is 3.43. The molecule has 2 aromatic rings. The SMILES string of the molecule is Fc1cccc(COc2ccccc2Br)c1Br. The van der Waals surface area contributed by atoms with Crippen molar-refractivity contribution in [3.63, 3.8) is 0 Å². The highest BCUT2D eigenvalue weighted by molar-refractivity contribution is 9.10. The van der Waals surface area contributed by atoms with Crippen LogP contribution in [0.15, 0.2) is 51.4 Å². The zero-order chi connectivity index (χ0) is 12.3. The minimum atomic E-state index is -0.279. The van der Waals surface area contributed by atoms with Crippen molar-refractivity contribution in [3.05, 3.63) is 62.8 Å². The maximum atomic E-state index is 13.3. The van der Waals surface area contributed by atoms with E-state index in [0.29, 0.717) is 11.1 Å². The van der Waals surface area contributed by atoms with Crippen LogP contribution in [0.3, 0.4) is 0 Å². The van der Waals surface area contributed by atoms with Crippen molar-refractivity contribution < 1.29 is 9.13 Å². The molecule has 0 aliphatic rings. The number of halogens is 3. The third-order valence-corrected chi connectivity index (χ3v) is 3.79. The van der Waals surface area contributed by atoms with E-state index in [1.165, 1.54) is 6.07 Å². The van der Waals surface area contributed by atoms with E-state index >= 15 is 0 Å². The van der Waals surface area contributed by atoms with E-state index in [0.717, 1.165) is 15.8 Å². The van der Waals surface area contributed by atoms with Crippen LogP contribution < -0.4 is 4.74 Å². The Morgan fingerprint density at radius 1 is 1.00 bits per heavy atom. The van der Waals surface area contributed by atoms with Crippen molar-refractivity contribution in [1.29, 1.82) is 0 Å². The van der Waals surface area contributed by atoms with Crippen LogP contribution in [0, 0.1) is 5.82 Å². The maximum Gasteiger partial charge on any atom is 0.137 e. The van der Waals surface area contributed by atoms with Crippen LogP contribution in [-0.4, -0.2) is 0 Å². The van der Waals surface area contributed by atoms with Gasteiger partial charge in [-0.05, 0) is 50.1 Å². The first-order chi connectivity index (χ1) is 8.18. The largest absolute Gasteiger partial charge is 0.488 e. The third-order valence-electron chi connectivity index (χ3n) is 2.25. The summed E-state index contributed by atoms with van der Waals surface area (Å²) in [5.41, 5.74) is 0.778. The van der Waals surface area contributed by atoms with Gasteiger partial charge < -0.3 is 4.74 Å². The summed E-state index contributed by atoms with van der Waals surface area (Å²) in [5, 5.41) is 0. The highest BCUT2D eigenvalue weighted by Gasteiger charge is 2.06. The molecule has 88 valence electrons. The van der Waals surface area contributed by atoms with Gasteiger partial charge in [0.2, 0.25) is 0 Å². The Morgan fingerprint density at radius 3 is 2.53 bits per heavy atom. The summed E-state index contributed by atoms with van der Waals surface area (Å²) in [6.07, 6.45) is 0. The second kappa shape index (κ2) is 5.65. The van der Waals surface area contributed by atoms with Crippen molar-refractivity contribution in [2.24, 2.45) is 0 Å². The number of hydrogen-bond donors (Lipinski definition) is 0. The fourth-order valence-corrected chi connectivity index (χ4v) is 2.16. The molecule has 0 fully saturated rings. The summed E-state index contributed by atoms with van der Waals surface area (Å²) < 4.78 is 20.2. The Morgan fingerprint density at radius 2 is 1.76 bits per heavy atom. The van der Waals surface area contributed by atoms with Gasteiger partial charge in [-0.2, -0.15) is 0 Å². The summed E-state index contributed by atoms with van der Waals surface area (Å²) >= 11 is 6.60. The lowest BCUT2D eigenvalue weighted by molar-refractivity contribution is 0.302. The van der Waals surface area contributed by atoms with Crippen molar-refractivity contribution >= 4 is 31.9 Å². The minimum Gasteiger partial charge on any atom is -0.488 e. The molecule has 17 heavy (non-hydrogen) atoms. The molecule has 0 aliphatic carbocycles. The molecule has 0 N–H and O–H groups in total. The number of benzene rings is 2. The number of para-hydroxylation sites is 1. The van der Waals surface area contributed by atoms with Crippen LogP contribution in [0.4, 0.5) is 4.39 Å². The second-order valence-corrected chi connectivity index (χ2v) is 5.08. The van der Waals surface area contributed by atoms with Crippen molar-refractivity contribution in [2.45, 2.75) is 6.61 Å². The molecule has 0 heterocycles. The fourth-order valence-electron chi connectivity index (χ4n) is 1.38. The molecule has 0 atom stereocenters. The predicted octanol–water partition coefficient (Wildman–Crippen LogP) is 4.93. The van der Waals surface area contributed by atoms with E-state index < -0.39 is 0 Å². The van der Waals surface area contributed by atoms with E-state index in [1.807, 2.05) is 30.3 Å². The molecule has 0 aromatic heterocycles. The van der Waals surface area contributed by atoms with Gasteiger partial charge in [0.25, 0.3) is 0 Å². The van der Waals surface area contributed by atoms with Crippen LogP contribution in [-0.2, 0) is 6.61 Å². The highest BCUT2D eigenvalue weighted by Crippen LogP contribution is 2.26. The zero-order valence-corrected chi connectivity index (χ0v) is 12.0. The van der Waals surface area contributed by atoms with E-state index in [-0.39, 0.29) is 5.82 Å². The fraction of sp³-hybridized carbons (Fsp3) is 0.0769. The maximum absolute atomic E-state index is 13.3. The predicted molar refractivity (Wildman–Crippen MR) is 72.6 cm³/mol. The normalized spacial score (nSPS) is 10.3. The Labute approximate surface area is 116 Å². The smallest absolute Gasteiger partial charge is 0.137 e. The van der Waals surface area contributed by atoms with Gasteiger partial charge in [0, 0.05) is 5.56 Å². The van der Waals surface area contributed by atoms with Crippen LogP contribution in [0.1, 0.15) is 5.56 Å². The van der Waals surface area contributed by atoms with Crippen LogP contribution >= 0.6 is 31.9 Å². The van der Waals surface area contributed by atoms with Gasteiger partial charge >= 0.3 is 0 Å². The van der Waals surface area contributed by atoms with Gasteiger partial charge in [0.1, 0.15) is 18.2 Å². The Bertz CT molecular complexity index is 529. The topological polar surface area (TPSA) is 9.23 Å². The number of ether oxygens (including phenoxy) is 1. The van der Waals surface area contributed by atoms with E-state index in [4.69, 9.17) is 4.74 Å². The summed E-state index contributed by atoms with van der Waals surface area (Å²) in [6.45, 7) is 0.320. The quantitative estimate of drug-likeness (QED) is 0.754. The molecule has 4 heteroatoms. The summed E-state index contributed by atoms with van der Waals surface area (Å²) in [6, 6.07) is 12.5. The lowest BCUT2D eigenvalue weighted by Gasteiger charge is -2.09. The Balaban J connectivity index is 2.13. The molecule has 0 aliphatic heterocycles. The molecule has 0 spiro atoms. The van der Waals surface area contributed by atoms with Crippen molar-refractivity contribution in [3.8, 4) is 5.75 Å². The van der Waals surface area contributed by atoms with Crippen LogP contribution in [0.25, 0.3) is 0 Å². The molecule has 0 bridgehead atoms. The minimum absolute atomic E-state index is 0.279. The molecule has 1 nitrogen and oxygen atoms in total. The first kappa shape index (κ1) is 12.6. The van der Waals surface area contributed by atoms with Gasteiger partial charge in [-0.1, -0.05) is 24.3 Å². The van der Waals surface area contributed by atoms with Gasteiger partial charge in [-0.25, -0.2) is 4.39 Å². The average Bonchev–Trinajstić information content (AvgIpc) is 2.33. The monoisotopic (exact) mass is 358 g/mol. The zero-order valence-electron chi connectivity index (χ0n) is 8.79. The lowest BCUT2D eigenvalue weighted by atomic mass is 10.2. The average molecular weight is 360 g/mol. The summed E-state index contributed by atoms with van der Waals surface area (Å²) in [7, 11) is 0. The van der Waals surface area contributed by atoms with Crippen molar-refractivity contribution in [1.82, 2.24) is 0 Å². The molecular formula is C13H9Br2FO. The number of rotatable bonds is 3. The highest BCUT2D eigenvalue weighted by atomic mass is 79.9. The van der Waals surface area contributed by atoms with Gasteiger partial charge in [0.15, 0.2) is 0 Å². The third kappa shape index (κ3) is 3.07. The van der Waals surface area contributed by atoms with E-state index in [1.54, 1.807) is 6.07 Å². The Kier molecular flexibility index (Phi) is 4.18. The van der Waals surface area contributed by atoms with E-state index in [9.17, 15) is 4.39 Å². The molecule has 2 rings (SSSR count). The van der Waals surface area contributed by atoms with Gasteiger partial charge in [0.05, 0.1) is 8.95 Å². The lowest BCUT2D eigenvalue weighted by Crippen LogP contribution is -1.98. The molecule has 0 saturated heterocycles. The van der Waals surface area contributed by atoms with Crippen LogP contribution in [0.5, 0.6) is 5.75 Å². The first-order valence-corrected chi connectivity index (χ1v) is 6.57. The van der Waals surface area contributed by atoms with Crippen molar-refractivity contribution in [2.75, 3.05) is 0 Å². The Hall–Kier alpha value is -0.870. The van der Waals surface area contributed by atoms with Gasteiger partial charge in [-0.3, -0.25) is 0 Å². The van der Waals surface area contributed by atoms with Gasteiger partial charge in [-0.15, -0.1) is 0 Å². The van der Waals surface area contributed by atoms with Crippen LogP contribution in [0.2, 0.25) is 0 Å². The molecule has 0 unspecified atom stereocenters. The summed E-state index contributed by atoms with van der Waals surface area (Å²) in [4.78, 5) is 0. The first-order valence-electron chi connectivity index (χ1n) is 4.98. The van der Waals surface area contributed by atoms with E-state index in [2.05, 4.69) is 31.9 Å². The molecule has 0 radical (unpaired) electrons. The standard InChI is InChI=1S/C13H9Br2FO/c14-10-5-1-2-7-12(10)17-8-9-4-3-6-11(16)13(9)15/h1-7H,8H2. The molecule has 0 amide bonds. The molecular weight excluding hydrogens is 351 g/mol. The molecule has 2 aromatic carbocycles. The molecule has 0 saturated carbocycles. The number of hydrogen-bond acceptors (Lipinski definition) is 1. The summed E-state index contributed by atoms with van der Waals surface area (Å²) in [5.74, 6) is 0.460.